The van der Waals surface area contributed by atoms with Crippen molar-refractivity contribution in [2.45, 2.75) is 188 Å². The highest BCUT2D eigenvalue weighted by Crippen LogP contribution is 2.49. The lowest BCUT2D eigenvalue weighted by atomic mass is 9.76. The van der Waals surface area contributed by atoms with Crippen LogP contribution in [0.4, 0.5) is 4.79 Å². The van der Waals surface area contributed by atoms with Crippen LogP contribution in [0.5, 0.6) is 17.2 Å². The van der Waals surface area contributed by atoms with E-state index in [9.17, 15) is 39.9 Å². The molecule has 7 rings (SSSR count). The van der Waals surface area contributed by atoms with Gasteiger partial charge in [0, 0.05) is 49.7 Å². The predicted octanol–water partition coefficient (Wildman–Crippen LogP) is 5.00. The third-order valence-electron chi connectivity index (χ3n) is 15.6. The number of aliphatic hydroxyl groups is 5. The zero-order chi connectivity index (χ0) is 65.6. The first-order chi connectivity index (χ1) is 43.1. The van der Waals surface area contributed by atoms with E-state index in [1.807, 2.05) is 59.8 Å². The average molecular weight is 1430 g/mol. The number of methoxy groups -OCH3 is 5. The van der Waals surface area contributed by atoms with Crippen LogP contribution in [0.25, 0.3) is 0 Å². The molecule has 28 heteroatoms. The molecule has 90 heavy (non-hydrogen) atoms. The molecule has 8 N–H and O–H groups in total. The van der Waals surface area contributed by atoms with Gasteiger partial charge in [-0.1, -0.05) is 82.3 Å². The summed E-state index contributed by atoms with van der Waals surface area (Å²) in [5.74, 6) is 11.4. The number of aliphatic hydroxyl groups excluding tert-OH is 4. The molecule has 2 aromatic carbocycles. The third-order valence-corrected chi connectivity index (χ3v) is 20.5. The van der Waals surface area contributed by atoms with Crippen molar-refractivity contribution >= 4 is 72.9 Å². The van der Waals surface area contributed by atoms with Gasteiger partial charge in [0.2, 0.25) is 17.2 Å². The fraction of sp³-hybridized carbons (Fsp3) is 0.597. The van der Waals surface area contributed by atoms with Gasteiger partial charge in [-0.25, -0.2) is 4.79 Å². The summed E-state index contributed by atoms with van der Waals surface area (Å²) in [5.41, 5.74) is 1.64. The Hall–Kier alpha value is -4.07. The number of hydrogen-bond donors (Lipinski definition) is 8. The van der Waals surface area contributed by atoms with E-state index in [0.717, 1.165) is 23.8 Å². The molecule has 0 aromatic heterocycles. The summed E-state index contributed by atoms with van der Waals surface area (Å²) in [6.07, 6.45) is -13.8. The number of hydroxylamine groups is 1. The van der Waals surface area contributed by atoms with E-state index < -0.39 is 127 Å². The van der Waals surface area contributed by atoms with Crippen LogP contribution in [0.2, 0.25) is 0 Å². The molecule has 496 valence electrons. The van der Waals surface area contributed by atoms with Gasteiger partial charge < -0.3 is 87.7 Å². The summed E-state index contributed by atoms with van der Waals surface area (Å²) >= 11 is 2.83. The topological polar surface area (TPSA) is 308 Å². The van der Waals surface area contributed by atoms with Crippen LogP contribution in [0.1, 0.15) is 76.7 Å². The van der Waals surface area contributed by atoms with Crippen LogP contribution in [0, 0.1) is 34.2 Å². The molecule has 2 aromatic rings. The van der Waals surface area contributed by atoms with E-state index in [-0.39, 0.29) is 71.2 Å². The summed E-state index contributed by atoms with van der Waals surface area (Å²) in [4.78, 5) is 48.9. The van der Waals surface area contributed by atoms with Gasteiger partial charge in [-0.3, -0.25) is 19.7 Å². The summed E-state index contributed by atoms with van der Waals surface area (Å²) in [6, 6.07) is 8.37. The Morgan fingerprint density at radius 3 is 2.24 bits per heavy atom. The third kappa shape index (κ3) is 17.8. The van der Waals surface area contributed by atoms with E-state index >= 15 is 0 Å². The van der Waals surface area contributed by atoms with Crippen LogP contribution in [-0.2, 0) is 52.3 Å². The molecule has 4 saturated heterocycles. The molecule has 1 aliphatic carbocycles. The van der Waals surface area contributed by atoms with Gasteiger partial charge in [0.15, 0.2) is 36.2 Å². The van der Waals surface area contributed by atoms with Crippen molar-refractivity contribution in [1.29, 1.82) is 0 Å². The number of benzene rings is 2. The minimum Gasteiger partial charge on any atom is -0.492 e. The first kappa shape index (κ1) is 73.3. The molecule has 0 bridgehead atoms. The first-order valence-corrected chi connectivity index (χ1v) is 33.5. The zero-order valence-corrected chi connectivity index (χ0v) is 56.7. The van der Waals surface area contributed by atoms with E-state index in [0.29, 0.717) is 21.4 Å². The molecule has 4 aliphatic heterocycles. The monoisotopic (exact) mass is 1430 g/mol. The quantitative estimate of drug-likeness (QED) is 0.0239. The van der Waals surface area contributed by atoms with Crippen LogP contribution < -0.4 is 30.3 Å². The Morgan fingerprint density at radius 2 is 1.59 bits per heavy atom. The fourth-order valence-corrected chi connectivity index (χ4v) is 14.6. The van der Waals surface area contributed by atoms with Crippen molar-refractivity contribution in [3.63, 3.8) is 0 Å². The highest BCUT2D eigenvalue weighted by atomic mass is 127. The molecule has 5 aliphatic rings. The van der Waals surface area contributed by atoms with Crippen LogP contribution in [-0.4, -0.2) is 212 Å². The number of ketones is 1. The number of Topliss-reactive ketones (excluding diaryl/α,β-unsaturated/α-hetero) is 1. The highest BCUT2D eigenvalue weighted by Gasteiger charge is 2.52. The van der Waals surface area contributed by atoms with E-state index in [1.54, 1.807) is 47.8 Å². The second-order valence-corrected chi connectivity index (χ2v) is 26.4. The van der Waals surface area contributed by atoms with Crippen LogP contribution >= 0.6 is 55.9 Å². The molecule has 0 spiro atoms. The number of likely N-dealkylation sites (N-methyl/N-ethyl adjacent to an activating group) is 1. The van der Waals surface area contributed by atoms with Crippen LogP contribution in [0.15, 0.2) is 70.3 Å². The Morgan fingerprint density at radius 1 is 0.878 bits per heavy atom. The molecule has 24 nitrogen and oxygen atoms in total. The van der Waals surface area contributed by atoms with Gasteiger partial charge in [0.1, 0.15) is 36.6 Å². The van der Waals surface area contributed by atoms with Crippen molar-refractivity contribution in [3.8, 4) is 40.9 Å². The molecular formula is C62H82IN3O21S3. The number of rotatable bonds is 23. The number of amides is 1. The number of halogens is 1. The van der Waals surface area contributed by atoms with E-state index in [2.05, 4.69) is 39.8 Å². The van der Waals surface area contributed by atoms with Crippen molar-refractivity contribution in [3.05, 3.63) is 80.1 Å². The first-order valence-electron chi connectivity index (χ1n) is 29.2. The number of alkyl carbamates (subject to hydrolysis) is 1. The Bertz CT molecular complexity index is 3000. The van der Waals surface area contributed by atoms with Crippen molar-refractivity contribution in [1.82, 2.24) is 16.1 Å². The number of carbonyl (C=O) groups excluding carboxylic acids is 3. The summed E-state index contributed by atoms with van der Waals surface area (Å²) in [5, 5.41) is 62.9. The number of carbonyl (C=O) groups is 3. The van der Waals surface area contributed by atoms with E-state index in [1.165, 1.54) is 62.0 Å². The highest BCUT2D eigenvalue weighted by molar-refractivity contribution is 14.1. The van der Waals surface area contributed by atoms with Gasteiger partial charge in [-0.05, 0) is 106 Å². The zero-order valence-electron chi connectivity index (χ0n) is 52.1. The lowest BCUT2D eigenvalue weighted by molar-refractivity contribution is -0.336. The maximum Gasteiger partial charge on any atom is 0.411 e. The normalized spacial score (nSPS) is 32.9. The molecule has 4 heterocycles. The van der Waals surface area contributed by atoms with Crippen molar-refractivity contribution in [2.75, 3.05) is 54.5 Å². The van der Waals surface area contributed by atoms with Gasteiger partial charge in [-0.15, -0.1) is 5.92 Å². The molecule has 1 amide bonds. The van der Waals surface area contributed by atoms with Gasteiger partial charge >= 0.3 is 6.09 Å². The van der Waals surface area contributed by atoms with Crippen molar-refractivity contribution < 1.29 is 102 Å². The smallest absolute Gasteiger partial charge is 0.411 e. The number of ether oxygens (including phenoxy) is 12. The molecule has 0 unspecified atom stereocenters. The lowest BCUT2D eigenvalue weighted by Crippen LogP contribution is -2.65. The maximum absolute atomic E-state index is 14.5. The minimum absolute atomic E-state index is 0.00157. The average Bonchev–Trinajstić information content (AvgIpc) is 0.795. The van der Waals surface area contributed by atoms with Gasteiger partial charge in [0.25, 0.3) is 0 Å². The molecular weight excluding hydrogens is 1350 g/mol. The van der Waals surface area contributed by atoms with Gasteiger partial charge in [0.05, 0.1) is 96.2 Å². The fourth-order valence-electron chi connectivity index (χ4n) is 11.0. The predicted molar refractivity (Wildman–Crippen MR) is 342 cm³/mol. The minimum atomic E-state index is -1.81. The molecule has 0 radical (unpaired) electrons. The summed E-state index contributed by atoms with van der Waals surface area (Å²) in [7, 11) is 9.76. The number of thioether (sulfide) groups is 1. The summed E-state index contributed by atoms with van der Waals surface area (Å²) in [6.45, 7) is 12.5. The Balaban J connectivity index is 1.14. The number of allylic oxidation sites excluding steroid dienone is 3. The van der Waals surface area contributed by atoms with Crippen LogP contribution in [0.3, 0.4) is 0 Å². The SMILES string of the molecule is CC#C/C=C\C#C[C@H](O[C@@H]1O[C@H](C)[C@@H](NO[C@H]2C[C@H](O)[C@H](SC(=O)c3c(C)c(I)c(O[C@@H]4O[C@@H](C)[C@H](O)[C@@H](OC)[C@H]4O)c(OC)c3OC)[C@@H](C)O2)[C@H](O)[C@H]1O[C@H]1C[C@H](OC)[C@@H](NCC)CO1)C1=C(NC(=O)OC)C(=O)C[C@](C)(O)/C1=C/CSSc1ccccc1. The Kier molecular flexibility index (Phi) is 28.0. The summed E-state index contributed by atoms with van der Waals surface area (Å²) < 4.78 is 73.0. The molecule has 19 atom stereocenters. The Labute approximate surface area is 550 Å². The largest absolute Gasteiger partial charge is 0.492 e. The second-order valence-electron chi connectivity index (χ2n) is 21.8. The lowest BCUT2D eigenvalue weighted by Gasteiger charge is -2.46. The number of nitrogens with one attached hydrogen (secondary N) is 3. The molecule has 4 fully saturated rings. The maximum atomic E-state index is 14.5. The standard InChI is InChI=1S/C62H82IN3O21S3/c1-13-15-16-17-21-24-40(45-36(25-26-88-90-35-22-19-18-20-23-35)62(7,74)29-39(68)48(45)65-61(73)79-12)84-60-55(85-42-28-41(75-8)37(30-80-42)64-14-2)50(70)47(32(4)82-60)66-87-43-27-38(67)57(34(6)81-43)89-58(72)44-31(3)46(63)53(56(78-11)52(44)76-9)86-59-51(71)54(77-10)49(69)33(5)83-59/h16-20,22-23,25,32-34,37-38,40-43,47,49-51,54-55,57,59-60,64,66-67,69-71,74H,14,26-30H2,1-12H3,(H,65,73)/b17-16-,36-25+/t32-,33+,34-,37+,38+,40+,41+,42+,43+,47-,49+,50+,51-,54-,55-,57-,59+,60+,62+/m1/s1. The molecule has 0 saturated carbocycles. The second kappa shape index (κ2) is 34.4. The number of hydrogen-bond acceptors (Lipinski definition) is 26. The van der Waals surface area contributed by atoms with Crippen molar-refractivity contribution in [2.24, 2.45) is 0 Å². The van der Waals surface area contributed by atoms with Gasteiger partial charge in [-0.2, -0.15) is 5.48 Å². The van der Waals surface area contributed by atoms with E-state index in [4.69, 9.17) is 61.7 Å².